The first-order chi connectivity index (χ1) is 10.5. The van der Waals surface area contributed by atoms with Crippen molar-refractivity contribution in [2.24, 2.45) is 5.73 Å². The summed E-state index contributed by atoms with van der Waals surface area (Å²) in [6.45, 7) is 8.32. The Labute approximate surface area is 133 Å². The van der Waals surface area contributed by atoms with E-state index in [-0.39, 0.29) is 11.6 Å². The van der Waals surface area contributed by atoms with Crippen molar-refractivity contribution in [2.75, 3.05) is 39.9 Å². The standard InChI is InChI=1S/C10H10O2.C7H17N3/c1-7(11)9-5-3-4-6-10(9)8(2)12;1-9-3-2-4-10(7-8)6-5-9/h3-6H,1-2H3;2-8H2,1H3. The molecule has 1 aromatic carbocycles. The Hall–Kier alpha value is -1.56. The fourth-order valence-electron chi connectivity index (χ4n) is 2.38. The number of hydrogen-bond acceptors (Lipinski definition) is 5. The fraction of sp³-hybridized carbons (Fsp3) is 0.529. The van der Waals surface area contributed by atoms with E-state index in [9.17, 15) is 9.59 Å². The molecule has 1 aromatic rings. The summed E-state index contributed by atoms with van der Waals surface area (Å²) in [5, 5.41) is 0. The van der Waals surface area contributed by atoms with Gasteiger partial charge in [-0.3, -0.25) is 14.5 Å². The lowest BCUT2D eigenvalue weighted by atomic mass is 10.0. The van der Waals surface area contributed by atoms with Crippen molar-refractivity contribution in [2.45, 2.75) is 20.3 Å². The molecule has 1 aliphatic rings. The average Bonchev–Trinajstić information content (AvgIpc) is 2.72. The Kier molecular flexibility index (Phi) is 7.95. The van der Waals surface area contributed by atoms with Gasteiger partial charge >= 0.3 is 0 Å². The smallest absolute Gasteiger partial charge is 0.160 e. The number of carbonyl (C=O) groups is 2. The van der Waals surface area contributed by atoms with E-state index in [1.165, 1.54) is 33.4 Å². The third-order valence-corrected chi connectivity index (χ3v) is 3.76. The monoisotopic (exact) mass is 305 g/mol. The van der Waals surface area contributed by atoms with Gasteiger partial charge in [-0.1, -0.05) is 24.3 Å². The molecule has 2 rings (SSSR count). The molecule has 1 aliphatic heterocycles. The SMILES string of the molecule is CC(=O)c1ccccc1C(C)=O.CN1CCCN(CN)CC1. The Bertz CT molecular complexity index is 469. The number of nitrogens with two attached hydrogens (primary N) is 1. The molecule has 5 heteroatoms. The van der Waals surface area contributed by atoms with Crippen LogP contribution in [0.4, 0.5) is 0 Å². The van der Waals surface area contributed by atoms with E-state index >= 15 is 0 Å². The highest BCUT2D eigenvalue weighted by molar-refractivity contribution is 6.07. The lowest BCUT2D eigenvalue weighted by Gasteiger charge is -2.16. The molecule has 0 saturated carbocycles. The number of carbonyl (C=O) groups excluding carboxylic acids is 2. The van der Waals surface area contributed by atoms with Crippen molar-refractivity contribution < 1.29 is 9.59 Å². The minimum Gasteiger partial charge on any atom is -0.318 e. The van der Waals surface area contributed by atoms with Crippen LogP contribution in [0.2, 0.25) is 0 Å². The maximum atomic E-state index is 11.0. The molecule has 0 spiro atoms. The molecular formula is C17H27N3O2. The zero-order chi connectivity index (χ0) is 16.5. The van der Waals surface area contributed by atoms with Gasteiger partial charge in [-0.05, 0) is 33.9 Å². The molecule has 1 saturated heterocycles. The third kappa shape index (κ3) is 6.05. The van der Waals surface area contributed by atoms with Gasteiger partial charge in [-0.25, -0.2) is 0 Å². The van der Waals surface area contributed by atoms with Crippen LogP contribution in [0.25, 0.3) is 0 Å². The molecule has 22 heavy (non-hydrogen) atoms. The summed E-state index contributed by atoms with van der Waals surface area (Å²) in [5.74, 6) is -0.137. The lowest BCUT2D eigenvalue weighted by molar-refractivity contribution is 0.0981. The predicted molar refractivity (Wildman–Crippen MR) is 89.2 cm³/mol. The molecule has 0 bridgehead atoms. The van der Waals surface area contributed by atoms with Crippen LogP contribution in [0.1, 0.15) is 41.0 Å². The molecule has 0 unspecified atom stereocenters. The first-order valence-corrected chi connectivity index (χ1v) is 7.67. The first kappa shape index (κ1) is 18.5. The van der Waals surface area contributed by atoms with E-state index in [4.69, 9.17) is 5.73 Å². The van der Waals surface area contributed by atoms with Crippen LogP contribution in [0.15, 0.2) is 24.3 Å². The molecule has 1 heterocycles. The molecular weight excluding hydrogens is 278 g/mol. The van der Waals surface area contributed by atoms with Crippen LogP contribution < -0.4 is 5.73 Å². The lowest BCUT2D eigenvalue weighted by Crippen LogP contribution is -2.33. The second kappa shape index (κ2) is 9.46. The maximum Gasteiger partial charge on any atom is 0.160 e. The van der Waals surface area contributed by atoms with Gasteiger partial charge in [0.1, 0.15) is 0 Å². The molecule has 122 valence electrons. The van der Waals surface area contributed by atoms with E-state index in [1.807, 2.05) is 0 Å². The van der Waals surface area contributed by atoms with Gasteiger partial charge in [0.15, 0.2) is 11.6 Å². The Balaban J connectivity index is 0.000000224. The molecule has 0 radical (unpaired) electrons. The highest BCUT2D eigenvalue weighted by atomic mass is 16.1. The molecule has 0 amide bonds. The number of Topliss-reactive ketones (excluding diaryl/α,β-unsaturated/α-hetero) is 2. The van der Waals surface area contributed by atoms with Crippen LogP contribution in [0.5, 0.6) is 0 Å². The maximum absolute atomic E-state index is 11.0. The van der Waals surface area contributed by atoms with Crippen LogP contribution in [-0.2, 0) is 0 Å². The van der Waals surface area contributed by atoms with E-state index in [0.717, 1.165) is 13.1 Å². The van der Waals surface area contributed by atoms with Gasteiger partial charge in [0.25, 0.3) is 0 Å². The van der Waals surface area contributed by atoms with Crippen molar-refractivity contribution in [1.82, 2.24) is 9.80 Å². The second-order valence-corrected chi connectivity index (χ2v) is 5.62. The number of nitrogens with zero attached hydrogens (tertiary/aromatic N) is 2. The van der Waals surface area contributed by atoms with Crippen LogP contribution in [-0.4, -0.2) is 61.3 Å². The highest BCUT2D eigenvalue weighted by Crippen LogP contribution is 2.09. The fourth-order valence-corrected chi connectivity index (χ4v) is 2.38. The summed E-state index contributed by atoms with van der Waals surface area (Å²) >= 11 is 0. The average molecular weight is 305 g/mol. The van der Waals surface area contributed by atoms with Gasteiger partial charge in [-0.2, -0.15) is 0 Å². The Morgan fingerprint density at radius 1 is 1.00 bits per heavy atom. The van der Waals surface area contributed by atoms with E-state index in [0.29, 0.717) is 17.8 Å². The topological polar surface area (TPSA) is 66.6 Å². The van der Waals surface area contributed by atoms with Crippen molar-refractivity contribution in [1.29, 1.82) is 0 Å². The van der Waals surface area contributed by atoms with Crippen LogP contribution in [0.3, 0.4) is 0 Å². The summed E-state index contributed by atoms with van der Waals surface area (Å²) in [7, 11) is 2.17. The summed E-state index contributed by atoms with van der Waals surface area (Å²) < 4.78 is 0. The molecule has 1 fully saturated rings. The van der Waals surface area contributed by atoms with Gasteiger partial charge in [-0.15, -0.1) is 0 Å². The van der Waals surface area contributed by atoms with Crippen molar-refractivity contribution in [3.05, 3.63) is 35.4 Å². The number of benzene rings is 1. The molecule has 5 nitrogen and oxygen atoms in total. The van der Waals surface area contributed by atoms with Gasteiger partial charge in [0.05, 0.1) is 0 Å². The number of ketones is 2. The third-order valence-electron chi connectivity index (χ3n) is 3.76. The molecule has 0 aliphatic carbocycles. The normalized spacial score (nSPS) is 16.4. The number of rotatable bonds is 3. The molecule has 0 aromatic heterocycles. The highest BCUT2D eigenvalue weighted by Gasteiger charge is 2.09. The molecule has 0 atom stereocenters. The second-order valence-electron chi connectivity index (χ2n) is 5.62. The summed E-state index contributed by atoms with van der Waals surface area (Å²) in [6.07, 6.45) is 1.26. The quantitative estimate of drug-likeness (QED) is 0.860. The summed E-state index contributed by atoms with van der Waals surface area (Å²) in [5.41, 5.74) is 6.53. The minimum atomic E-state index is -0.0687. The summed E-state index contributed by atoms with van der Waals surface area (Å²) in [4.78, 5) is 26.7. The van der Waals surface area contributed by atoms with Gasteiger partial charge in [0.2, 0.25) is 0 Å². The van der Waals surface area contributed by atoms with Crippen molar-refractivity contribution >= 4 is 11.6 Å². The van der Waals surface area contributed by atoms with E-state index in [2.05, 4.69) is 16.8 Å². The van der Waals surface area contributed by atoms with Crippen molar-refractivity contribution in [3.8, 4) is 0 Å². The van der Waals surface area contributed by atoms with Gasteiger partial charge in [0, 0.05) is 37.4 Å². The zero-order valence-electron chi connectivity index (χ0n) is 13.8. The van der Waals surface area contributed by atoms with Crippen LogP contribution >= 0.6 is 0 Å². The first-order valence-electron chi connectivity index (χ1n) is 7.67. The number of hydrogen-bond donors (Lipinski definition) is 1. The Morgan fingerprint density at radius 3 is 2.00 bits per heavy atom. The number of likely N-dealkylation sites (N-methyl/N-ethyl adjacent to an activating group) is 1. The van der Waals surface area contributed by atoms with E-state index < -0.39 is 0 Å². The zero-order valence-corrected chi connectivity index (χ0v) is 13.8. The minimum absolute atomic E-state index is 0.0687. The van der Waals surface area contributed by atoms with E-state index in [1.54, 1.807) is 24.3 Å². The molecule has 2 N–H and O–H groups in total. The Morgan fingerprint density at radius 2 is 1.55 bits per heavy atom. The predicted octanol–water partition coefficient (Wildman–Crippen LogP) is 1.63. The largest absolute Gasteiger partial charge is 0.318 e. The van der Waals surface area contributed by atoms with Gasteiger partial charge < -0.3 is 10.6 Å². The van der Waals surface area contributed by atoms with Crippen molar-refractivity contribution in [3.63, 3.8) is 0 Å². The van der Waals surface area contributed by atoms with Crippen LogP contribution in [0, 0.1) is 0 Å². The summed E-state index contributed by atoms with van der Waals surface area (Å²) in [6, 6.07) is 6.84.